The van der Waals surface area contributed by atoms with Gasteiger partial charge in [-0.1, -0.05) is 18.5 Å². The highest BCUT2D eigenvalue weighted by atomic mass is 35.5. The molecule has 1 aromatic heterocycles. The maximum Gasteiger partial charge on any atom is 0.390 e. The summed E-state index contributed by atoms with van der Waals surface area (Å²) < 4.78 is 38.3. The highest BCUT2D eigenvalue weighted by Crippen LogP contribution is 2.26. The molecule has 7 heteroatoms. The number of hydrogen-bond donors (Lipinski definition) is 1. The molecule has 3 nitrogen and oxygen atoms in total. The molecule has 0 spiro atoms. The van der Waals surface area contributed by atoms with Crippen LogP contribution in [-0.4, -0.2) is 22.0 Å². The fourth-order valence-corrected chi connectivity index (χ4v) is 2.18. The van der Waals surface area contributed by atoms with Crippen LogP contribution in [-0.2, 0) is 19.4 Å². The van der Waals surface area contributed by atoms with E-state index in [2.05, 4.69) is 5.10 Å². The summed E-state index contributed by atoms with van der Waals surface area (Å²) in [6.07, 6.45) is -4.54. The Morgan fingerprint density at radius 1 is 1.39 bits per heavy atom. The second kappa shape index (κ2) is 5.93. The first-order chi connectivity index (χ1) is 8.28. The zero-order valence-corrected chi connectivity index (χ0v) is 11.1. The minimum atomic E-state index is -4.25. The van der Waals surface area contributed by atoms with Gasteiger partial charge >= 0.3 is 6.18 Å². The molecule has 0 aromatic carbocycles. The molecule has 0 aliphatic rings. The van der Waals surface area contributed by atoms with Gasteiger partial charge in [-0.15, -0.1) is 0 Å². The SMILES string of the molecule is CCc1nn(CC)c(CC(N)CC(F)(F)F)c1Cl. The van der Waals surface area contributed by atoms with Crippen molar-refractivity contribution >= 4 is 11.6 Å². The average Bonchev–Trinajstić information content (AvgIpc) is 2.53. The van der Waals surface area contributed by atoms with E-state index >= 15 is 0 Å². The highest BCUT2D eigenvalue weighted by Gasteiger charge is 2.31. The molecular formula is C11H17ClF3N3. The quantitative estimate of drug-likeness (QED) is 0.903. The van der Waals surface area contributed by atoms with E-state index in [0.29, 0.717) is 29.4 Å². The zero-order valence-electron chi connectivity index (χ0n) is 10.4. The summed E-state index contributed by atoms with van der Waals surface area (Å²) in [5.41, 5.74) is 6.81. The molecule has 0 saturated carbocycles. The van der Waals surface area contributed by atoms with E-state index in [9.17, 15) is 13.2 Å². The number of aryl methyl sites for hydroxylation is 2. The molecule has 2 N–H and O–H groups in total. The van der Waals surface area contributed by atoms with Crippen LogP contribution in [0.15, 0.2) is 0 Å². The van der Waals surface area contributed by atoms with E-state index in [1.54, 1.807) is 4.68 Å². The molecule has 1 unspecified atom stereocenters. The molecule has 18 heavy (non-hydrogen) atoms. The van der Waals surface area contributed by atoms with Crippen molar-refractivity contribution in [1.82, 2.24) is 9.78 Å². The van der Waals surface area contributed by atoms with Crippen molar-refractivity contribution < 1.29 is 13.2 Å². The zero-order chi connectivity index (χ0) is 13.9. The Labute approximate surface area is 109 Å². The van der Waals surface area contributed by atoms with Gasteiger partial charge in [-0.2, -0.15) is 18.3 Å². The summed E-state index contributed by atoms with van der Waals surface area (Å²) in [6, 6.07) is -0.991. The third-order valence-corrected chi connectivity index (χ3v) is 3.08. The van der Waals surface area contributed by atoms with E-state index in [0.717, 1.165) is 0 Å². The predicted octanol–water partition coefficient (Wildman–Crippen LogP) is 2.94. The van der Waals surface area contributed by atoms with Crippen molar-refractivity contribution in [1.29, 1.82) is 0 Å². The van der Waals surface area contributed by atoms with Gasteiger partial charge in [0, 0.05) is 19.0 Å². The smallest absolute Gasteiger partial charge is 0.327 e. The fraction of sp³-hybridized carbons (Fsp3) is 0.727. The Hall–Kier alpha value is -0.750. The molecule has 0 aliphatic carbocycles. The van der Waals surface area contributed by atoms with Crippen LogP contribution in [0.5, 0.6) is 0 Å². The van der Waals surface area contributed by atoms with Crippen LogP contribution < -0.4 is 5.73 Å². The molecule has 104 valence electrons. The maximum atomic E-state index is 12.2. The monoisotopic (exact) mass is 283 g/mol. The van der Waals surface area contributed by atoms with Gasteiger partial charge in [0.15, 0.2) is 0 Å². The van der Waals surface area contributed by atoms with Crippen LogP contribution in [0.25, 0.3) is 0 Å². The van der Waals surface area contributed by atoms with Gasteiger partial charge in [0.25, 0.3) is 0 Å². The van der Waals surface area contributed by atoms with Gasteiger partial charge < -0.3 is 5.73 Å². The normalized spacial score (nSPS) is 13.9. The molecule has 1 aromatic rings. The van der Waals surface area contributed by atoms with Crippen molar-refractivity contribution in [2.75, 3.05) is 0 Å². The van der Waals surface area contributed by atoms with Gasteiger partial charge in [-0.25, -0.2) is 0 Å². The molecule has 1 heterocycles. The van der Waals surface area contributed by atoms with E-state index in [1.807, 2.05) is 13.8 Å². The maximum absolute atomic E-state index is 12.2. The molecule has 1 atom stereocenters. The van der Waals surface area contributed by atoms with E-state index in [1.165, 1.54) is 0 Å². The number of nitrogens with two attached hydrogens (primary N) is 1. The third-order valence-electron chi connectivity index (χ3n) is 2.64. The summed E-state index contributed by atoms with van der Waals surface area (Å²) in [4.78, 5) is 0. The van der Waals surface area contributed by atoms with Crippen molar-refractivity contribution in [2.24, 2.45) is 5.73 Å². The molecular weight excluding hydrogens is 267 g/mol. The lowest BCUT2D eigenvalue weighted by Gasteiger charge is -2.14. The molecule has 0 radical (unpaired) electrons. The van der Waals surface area contributed by atoms with Crippen LogP contribution in [0, 0.1) is 0 Å². The Bertz CT molecular complexity index is 401. The predicted molar refractivity (Wildman–Crippen MR) is 64.6 cm³/mol. The number of halogens is 4. The van der Waals surface area contributed by atoms with Crippen molar-refractivity contribution in [3.8, 4) is 0 Å². The Morgan fingerprint density at radius 3 is 2.44 bits per heavy atom. The lowest BCUT2D eigenvalue weighted by Crippen LogP contribution is -2.30. The minimum absolute atomic E-state index is 0.0825. The summed E-state index contributed by atoms with van der Waals surface area (Å²) in [7, 11) is 0. The van der Waals surface area contributed by atoms with Gasteiger partial charge in [-0.3, -0.25) is 4.68 Å². The van der Waals surface area contributed by atoms with Gasteiger partial charge in [0.2, 0.25) is 0 Å². The van der Waals surface area contributed by atoms with E-state index in [4.69, 9.17) is 17.3 Å². The van der Waals surface area contributed by atoms with Gasteiger partial charge in [-0.05, 0) is 13.3 Å². The summed E-state index contributed by atoms with van der Waals surface area (Å²) in [5.74, 6) is 0. The van der Waals surface area contributed by atoms with E-state index < -0.39 is 18.6 Å². The molecule has 0 saturated heterocycles. The Kier molecular flexibility index (Phi) is 5.04. The first-order valence-electron chi connectivity index (χ1n) is 5.84. The van der Waals surface area contributed by atoms with Crippen LogP contribution in [0.4, 0.5) is 13.2 Å². The van der Waals surface area contributed by atoms with Crippen molar-refractivity contribution in [2.45, 2.75) is 51.9 Å². The first kappa shape index (κ1) is 15.3. The average molecular weight is 284 g/mol. The first-order valence-corrected chi connectivity index (χ1v) is 6.22. The molecule has 0 amide bonds. The largest absolute Gasteiger partial charge is 0.390 e. The fourth-order valence-electron chi connectivity index (χ4n) is 1.83. The molecule has 0 bridgehead atoms. The minimum Gasteiger partial charge on any atom is -0.327 e. The molecule has 1 rings (SSSR count). The van der Waals surface area contributed by atoms with Crippen LogP contribution in [0.3, 0.4) is 0 Å². The van der Waals surface area contributed by atoms with E-state index in [-0.39, 0.29) is 6.42 Å². The van der Waals surface area contributed by atoms with Crippen LogP contribution in [0.2, 0.25) is 5.02 Å². The van der Waals surface area contributed by atoms with Crippen LogP contribution in [0.1, 0.15) is 31.7 Å². The number of rotatable bonds is 5. The topological polar surface area (TPSA) is 43.8 Å². The second-order valence-corrected chi connectivity index (χ2v) is 4.54. The third kappa shape index (κ3) is 3.88. The number of hydrogen-bond acceptors (Lipinski definition) is 2. The summed E-state index contributed by atoms with van der Waals surface area (Å²) in [6.45, 7) is 4.32. The Morgan fingerprint density at radius 2 is 2.00 bits per heavy atom. The number of nitrogens with zero attached hydrogens (tertiary/aromatic N) is 2. The van der Waals surface area contributed by atoms with Crippen molar-refractivity contribution in [3.05, 3.63) is 16.4 Å². The number of alkyl halides is 3. The molecule has 0 fully saturated rings. The Balaban J connectivity index is 2.86. The lowest BCUT2D eigenvalue weighted by molar-refractivity contribution is -0.138. The standard InChI is InChI=1S/C11H17ClF3N3/c1-3-8-10(12)9(18(4-2)17-8)5-7(16)6-11(13,14)15/h7H,3-6,16H2,1-2H3. The highest BCUT2D eigenvalue weighted by molar-refractivity contribution is 6.31. The number of aromatic nitrogens is 2. The summed E-state index contributed by atoms with van der Waals surface area (Å²) in [5, 5.41) is 4.69. The lowest BCUT2D eigenvalue weighted by atomic mass is 10.1. The second-order valence-electron chi connectivity index (χ2n) is 4.16. The van der Waals surface area contributed by atoms with Gasteiger partial charge in [0.05, 0.1) is 22.8 Å². The molecule has 0 aliphatic heterocycles. The summed E-state index contributed by atoms with van der Waals surface area (Å²) >= 11 is 6.10. The van der Waals surface area contributed by atoms with Gasteiger partial charge in [0.1, 0.15) is 0 Å². The van der Waals surface area contributed by atoms with Crippen molar-refractivity contribution in [3.63, 3.8) is 0 Å². The van der Waals surface area contributed by atoms with Crippen LogP contribution >= 0.6 is 11.6 Å².